The monoisotopic (exact) mass is 271 g/mol. The molecule has 5 nitrogen and oxygen atoms in total. The third kappa shape index (κ3) is 4.73. The Morgan fingerprint density at radius 1 is 1.42 bits per heavy atom. The maximum atomic E-state index is 12.0. The molecular formula is C14H25NO4. The molecule has 2 atom stereocenters. The normalized spacial score (nSPS) is 20.6. The molecule has 0 spiro atoms. The van der Waals surface area contributed by atoms with Gasteiger partial charge < -0.3 is 14.7 Å². The van der Waals surface area contributed by atoms with Crippen molar-refractivity contribution in [1.29, 1.82) is 0 Å². The Kier molecular flexibility index (Phi) is 5.20. The van der Waals surface area contributed by atoms with Crippen molar-refractivity contribution in [1.82, 2.24) is 4.90 Å². The number of rotatable bonds is 5. The highest BCUT2D eigenvalue weighted by Crippen LogP contribution is 2.31. The molecule has 0 aliphatic carbocycles. The topological polar surface area (TPSA) is 66.8 Å². The number of aliphatic carboxylic acids is 1. The van der Waals surface area contributed by atoms with Crippen LogP contribution >= 0.6 is 0 Å². The predicted octanol–water partition coefficient (Wildman–Crippen LogP) is 2.89. The molecule has 1 aliphatic heterocycles. The first-order valence-corrected chi connectivity index (χ1v) is 6.96. The third-order valence-electron chi connectivity index (χ3n) is 3.49. The SMILES string of the molecule is CCC(CCC(=O)O)C1CCN1C(=O)OC(C)(C)C. The molecule has 0 bridgehead atoms. The lowest BCUT2D eigenvalue weighted by Crippen LogP contribution is -2.55. The number of carboxylic acid groups (broad SMARTS) is 1. The molecule has 110 valence electrons. The van der Waals surface area contributed by atoms with Gasteiger partial charge in [0.2, 0.25) is 0 Å². The molecule has 2 unspecified atom stereocenters. The fourth-order valence-corrected chi connectivity index (χ4v) is 2.42. The van der Waals surface area contributed by atoms with Crippen molar-refractivity contribution >= 4 is 12.1 Å². The number of carboxylic acids is 1. The summed E-state index contributed by atoms with van der Waals surface area (Å²) < 4.78 is 5.36. The van der Waals surface area contributed by atoms with Gasteiger partial charge in [-0.1, -0.05) is 13.3 Å². The van der Waals surface area contributed by atoms with Crippen LogP contribution in [0.3, 0.4) is 0 Å². The third-order valence-corrected chi connectivity index (χ3v) is 3.49. The number of nitrogens with zero attached hydrogens (tertiary/aromatic N) is 1. The minimum Gasteiger partial charge on any atom is -0.481 e. The van der Waals surface area contributed by atoms with E-state index < -0.39 is 11.6 Å². The van der Waals surface area contributed by atoms with Crippen molar-refractivity contribution in [3.8, 4) is 0 Å². The van der Waals surface area contributed by atoms with Crippen LogP contribution in [0.25, 0.3) is 0 Å². The molecular weight excluding hydrogens is 246 g/mol. The fraction of sp³-hybridized carbons (Fsp3) is 0.857. The Morgan fingerprint density at radius 3 is 2.42 bits per heavy atom. The minimum atomic E-state index is -0.776. The number of carbonyl (C=O) groups excluding carboxylic acids is 1. The largest absolute Gasteiger partial charge is 0.481 e. The molecule has 1 amide bonds. The van der Waals surface area contributed by atoms with Gasteiger partial charge in [-0.25, -0.2) is 4.79 Å². The molecule has 0 saturated carbocycles. The predicted molar refractivity (Wildman–Crippen MR) is 72.0 cm³/mol. The standard InChI is InChI=1S/C14H25NO4/c1-5-10(6-7-12(16)17)11-8-9-15(11)13(18)19-14(2,3)4/h10-11H,5-9H2,1-4H3,(H,16,17). The number of hydrogen-bond acceptors (Lipinski definition) is 3. The lowest BCUT2D eigenvalue weighted by atomic mass is 9.84. The zero-order valence-electron chi connectivity index (χ0n) is 12.3. The molecule has 19 heavy (non-hydrogen) atoms. The molecule has 0 radical (unpaired) electrons. The summed E-state index contributed by atoms with van der Waals surface area (Å²) in [5.41, 5.74) is -0.486. The summed E-state index contributed by atoms with van der Waals surface area (Å²) in [4.78, 5) is 24.4. The Bertz CT molecular complexity index is 335. The first kappa shape index (κ1) is 15.8. The number of ether oxygens (including phenoxy) is 1. The van der Waals surface area contributed by atoms with E-state index in [4.69, 9.17) is 9.84 Å². The average molecular weight is 271 g/mol. The van der Waals surface area contributed by atoms with Crippen LogP contribution in [0, 0.1) is 5.92 Å². The molecule has 0 aromatic rings. The van der Waals surface area contributed by atoms with Crippen LogP contribution in [-0.4, -0.2) is 40.3 Å². The Labute approximate surface area is 114 Å². The lowest BCUT2D eigenvalue weighted by Gasteiger charge is -2.45. The summed E-state index contributed by atoms with van der Waals surface area (Å²) in [6.45, 7) is 8.30. The lowest BCUT2D eigenvalue weighted by molar-refractivity contribution is -0.137. The van der Waals surface area contributed by atoms with Crippen molar-refractivity contribution in [2.45, 2.75) is 65.0 Å². The number of carbonyl (C=O) groups is 2. The van der Waals surface area contributed by atoms with Crippen molar-refractivity contribution in [2.75, 3.05) is 6.54 Å². The van der Waals surface area contributed by atoms with E-state index in [2.05, 4.69) is 0 Å². The van der Waals surface area contributed by atoms with Gasteiger partial charge in [-0.2, -0.15) is 0 Å². The zero-order chi connectivity index (χ0) is 14.6. The van der Waals surface area contributed by atoms with Gasteiger partial charge in [0.1, 0.15) is 5.60 Å². The quantitative estimate of drug-likeness (QED) is 0.835. The van der Waals surface area contributed by atoms with E-state index in [1.54, 1.807) is 4.90 Å². The molecule has 1 saturated heterocycles. The van der Waals surface area contributed by atoms with E-state index in [1.165, 1.54) is 0 Å². The molecule has 0 aromatic heterocycles. The molecule has 1 N–H and O–H groups in total. The van der Waals surface area contributed by atoms with Crippen LogP contribution in [0.2, 0.25) is 0 Å². The number of hydrogen-bond donors (Lipinski definition) is 1. The van der Waals surface area contributed by atoms with Crippen LogP contribution in [0.1, 0.15) is 53.4 Å². The summed E-state index contributed by atoms with van der Waals surface area (Å²) in [6, 6.07) is 0.138. The molecule has 5 heteroatoms. The van der Waals surface area contributed by atoms with Crippen LogP contribution in [-0.2, 0) is 9.53 Å². The molecule has 1 heterocycles. The molecule has 1 rings (SSSR count). The molecule has 1 fully saturated rings. The Morgan fingerprint density at radius 2 is 2.05 bits per heavy atom. The van der Waals surface area contributed by atoms with Crippen LogP contribution < -0.4 is 0 Å². The van der Waals surface area contributed by atoms with Crippen LogP contribution in [0.15, 0.2) is 0 Å². The van der Waals surface area contributed by atoms with Crippen molar-refractivity contribution in [3.05, 3.63) is 0 Å². The van der Waals surface area contributed by atoms with E-state index >= 15 is 0 Å². The number of amides is 1. The summed E-state index contributed by atoms with van der Waals surface area (Å²) in [6.07, 6.45) is 2.33. The van der Waals surface area contributed by atoms with E-state index in [1.807, 2.05) is 27.7 Å². The Balaban J connectivity index is 2.53. The van der Waals surface area contributed by atoms with Gasteiger partial charge in [-0.15, -0.1) is 0 Å². The zero-order valence-corrected chi connectivity index (χ0v) is 12.3. The highest BCUT2D eigenvalue weighted by Gasteiger charge is 2.39. The van der Waals surface area contributed by atoms with Crippen LogP contribution in [0.4, 0.5) is 4.79 Å². The minimum absolute atomic E-state index is 0.138. The van der Waals surface area contributed by atoms with Gasteiger partial charge in [0.05, 0.1) is 0 Å². The first-order valence-electron chi connectivity index (χ1n) is 6.96. The second kappa shape index (κ2) is 6.26. The average Bonchev–Trinajstić information content (AvgIpc) is 2.18. The maximum Gasteiger partial charge on any atom is 0.410 e. The molecule has 0 aromatic carbocycles. The van der Waals surface area contributed by atoms with Crippen molar-refractivity contribution in [3.63, 3.8) is 0 Å². The van der Waals surface area contributed by atoms with Gasteiger partial charge in [-0.05, 0) is 39.5 Å². The van der Waals surface area contributed by atoms with E-state index in [9.17, 15) is 9.59 Å². The summed E-state index contributed by atoms with van der Waals surface area (Å²) >= 11 is 0. The smallest absolute Gasteiger partial charge is 0.410 e. The van der Waals surface area contributed by atoms with E-state index in [-0.39, 0.29) is 24.5 Å². The van der Waals surface area contributed by atoms with Crippen LogP contribution in [0.5, 0.6) is 0 Å². The van der Waals surface area contributed by atoms with Gasteiger partial charge in [-0.3, -0.25) is 4.79 Å². The maximum absolute atomic E-state index is 12.0. The van der Waals surface area contributed by atoms with Crippen molar-refractivity contribution in [2.24, 2.45) is 5.92 Å². The summed E-state index contributed by atoms with van der Waals surface area (Å²) in [5, 5.41) is 8.75. The second-order valence-electron chi connectivity index (χ2n) is 6.13. The molecule has 1 aliphatic rings. The van der Waals surface area contributed by atoms with E-state index in [0.29, 0.717) is 13.0 Å². The first-order chi connectivity index (χ1) is 8.74. The van der Waals surface area contributed by atoms with Gasteiger partial charge in [0.15, 0.2) is 0 Å². The highest BCUT2D eigenvalue weighted by molar-refractivity contribution is 5.69. The van der Waals surface area contributed by atoms with E-state index in [0.717, 1.165) is 12.8 Å². The Hall–Kier alpha value is -1.26. The van der Waals surface area contributed by atoms with Gasteiger partial charge >= 0.3 is 12.1 Å². The fourth-order valence-electron chi connectivity index (χ4n) is 2.42. The highest BCUT2D eigenvalue weighted by atomic mass is 16.6. The van der Waals surface area contributed by atoms with Gasteiger partial charge in [0.25, 0.3) is 0 Å². The second-order valence-corrected chi connectivity index (χ2v) is 6.13. The summed E-state index contributed by atoms with van der Waals surface area (Å²) in [5.74, 6) is -0.529. The van der Waals surface area contributed by atoms with Gasteiger partial charge in [0, 0.05) is 19.0 Å². The number of likely N-dealkylation sites (tertiary alicyclic amines) is 1. The summed E-state index contributed by atoms with van der Waals surface area (Å²) in [7, 11) is 0. The van der Waals surface area contributed by atoms with Crippen molar-refractivity contribution < 1.29 is 19.4 Å².